The van der Waals surface area contributed by atoms with Gasteiger partial charge in [-0.05, 0) is 56.4 Å². The first-order valence-corrected chi connectivity index (χ1v) is 7.86. The summed E-state index contributed by atoms with van der Waals surface area (Å²) in [7, 11) is 0. The Balaban J connectivity index is 1.85. The average molecular weight is 268 g/mol. The van der Waals surface area contributed by atoms with Gasteiger partial charge >= 0.3 is 0 Å². The van der Waals surface area contributed by atoms with Gasteiger partial charge in [0, 0.05) is 23.3 Å². The zero-order chi connectivity index (χ0) is 13.9. The van der Waals surface area contributed by atoms with Crippen LogP contribution in [0.25, 0.3) is 10.9 Å². The highest BCUT2D eigenvalue weighted by molar-refractivity contribution is 5.93. The summed E-state index contributed by atoms with van der Waals surface area (Å²) in [5.74, 6) is 0.816. The van der Waals surface area contributed by atoms with Crippen LogP contribution in [0, 0.1) is 12.8 Å². The topological polar surface area (TPSA) is 24.9 Å². The van der Waals surface area contributed by atoms with Crippen molar-refractivity contribution in [1.29, 1.82) is 0 Å². The normalized spacial score (nSPS) is 18.1. The summed E-state index contributed by atoms with van der Waals surface area (Å²) in [5.41, 5.74) is 3.60. The molecule has 1 saturated carbocycles. The van der Waals surface area contributed by atoms with Gasteiger partial charge in [-0.15, -0.1) is 0 Å². The molecule has 3 rings (SSSR count). The van der Waals surface area contributed by atoms with Gasteiger partial charge < -0.3 is 5.32 Å². The van der Waals surface area contributed by atoms with E-state index in [0.29, 0.717) is 6.04 Å². The van der Waals surface area contributed by atoms with Crippen molar-refractivity contribution in [3.8, 4) is 0 Å². The molecular weight excluding hydrogens is 244 g/mol. The van der Waals surface area contributed by atoms with Crippen LogP contribution in [-0.2, 0) is 0 Å². The highest BCUT2D eigenvalue weighted by Gasteiger charge is 2.20. The second kappa shape index (κ2) is 5.82. The van der Waals surface area contributed by atoms with Crippen molar-refractivity contribution in [2.45, 2.75) is 52.0 Å². The summed E-state index contributed by atoms with van der Waals surface area (Å²) in [6, 6.07) is 9.12. The fourth-order valence-electron chi connectivity index (χ4n) is 3.44. The van der Waals surface area contributed by atoms with E-state index >= 15 is 0 Å². The van der Waals surface area contributed by atoms with E-state index in [0.717, 1.165) is 11.4 Å². The van der Waals surface area contributed by atoms with Crippen LogP contribution in [0.2, 0.25) is 0 Å². The monoisotopic (exact) mass is 268 g/mol. The predicted octanol–water partition coefficient (Wildman–Crippen LogP) is 4.92. The van der Waals surface area contributed by atoms with E-state index in [-0.39, 0.29) is 0 Å². The van der Waals surface area contributed by atoms with Crippen molar-refractivity contribution >= 4 is 16.6 Å². The lowest BCUT2D eigenvalue weighted by atomic mass is 9.84. The van der Waals surface area contributed by atoms with Crippen molar-refractivity contribution in [2.75, 3.05) is 5.32 Å². The number of hydrogen-bond acceptors (Lipinski definition) is 2. The summed E-state index contributed by atoms with van der Waals surface area (Å²) >= 11 is 0. The largest absolute Gasteiger partial charge is 0.382 e. The second-order valence-corrected chi connectivity index (χ2v) is 6.16. The highest BCUT2D eigenvalue weighted by Crippen LogP contribution is 2.30. The Morgan fingerprint density at radius 2 is 1.95 bits per heavy atom. The van der Waals surface area contributed by atoms with Crippen molar-refractivity contribution in [3.63, 3.8) is 0 Å². The quantitative estimate of drug-likeness (QED) is 0.854. The minimum Gasteiger partial charge on any atom is -0.382 e. The van der Waals surface area contributed by atoms with Gasteiger partial charge in [0.1, 0.15) is 0 Å². The number of anilines is 1. The third-order valence-electron chi connectivity index (χ3n) is 4.71. The lowest BCUT2D eigenvalue weighted by Crippen LogP contribution is -2.27. The SMILES string of the molecule is Cc1ccc(NC(C)C2CCCCC2)c2cccnc12. The van der Waals surface area contributed by atoms with E-state index in [1.807, 2.05) is 12.3 Å². The van der Waals surface area contributed by atoms with Gasteiger partial charge in [-0.1, -0.05) is 25.3 Å². The first kappa shape index (κ1) is 13.4. The van der Waals surface area contributed by atoms with Gasteiger partial charge in [0.05, 0.1) is 5.52 Å². The summed E-state index contributed by atoms with van der Waals surface area (Å²) in [4.78, 5) is 4.52. The molecule has 0 spiro atoms. The lowest BCUT2D eigenvalue weighted by Gasteiger charge is -2.29. The number of fused-ring (bicyclic) bond motifs is 1. The van der Waals surface area contributed by atoms with E-state index in [2.05, 4.69) is 42.3 Å². The van der Waals surface area contributed by atoms with Crippen LogP contribution in [0.5, 0.6) is 0 Å². The van der Waals surface area contributed by atoms with Gasteiger partial charge in [0.25, 0.3) is 0 Å². The van der Waals surface area contributed by atoms with E-state index < -0.39 is 0 Å². The smallest absolute Gasteiger partial charge is 0.0751 e. The molecule has 1 N–H and O–H groups in total. The zero-order valence-electron chi connectivity index (χ0n) is 12.5. The van der Waals surface area contributed by atoms with Gasteiger partial charge in [-0.3, -0.25) is 4.98 Å². The maximum Gasteiger partial charge on any atom is 0.0751 e. The van der Waals surface area contributed by atoms with Crippen LogP contribution in [0.1, 0.15) is 44.6 Å². The molecule has 2 aromatic rings. The maximum atomic E-state index is 4.52. The number of nitrogens with one attached hydrogen (secondary N) is 1. The molecule has 0 radical (unpaired) electrons. The summed E-state index contributed by atoms with van der Waals surface area (Å²) in [6.07, 6.45) is 8.83. The number of hydrogen-bond donors (Lipinski definition) is 1. The van der Waals surface area contributed by atoms with E-state index in [1.54, 1.807) is 0 Å². The van der Waals surface area contributed by atoms with Crippen molar-refractivity contribution < 1.29 is 0 Å². The first-order chi connectivity index (χ1) is 9.75. The molecule has 1 aliphatic carbocycles. The minimum absolute atomic E-state index is 0.543. The van der Waals surface area contributed by atoms with Crippen LogP contribution in [0.4, 0.5) is 5.69 Å². The number of aromatic nitrogens is 1. The van der Waals surface area contributed by atoms with E-state index in [4.69, 9.17) is 0 Å². The fourth-order valence-corrected chi connectivity index (χ4v) is 3.44. The molecule has 1 fully saturated rings. The Morgan fingerprint density at radius 3 is 2.75 bits per heavy atom. The first-order valence-electron chi connectivity index (χ1n) is 7.86. The van der Waals surface area contributed by atoms with Gasteiger partial charge in [-0.2, -0.15) is 0 Å². The average Bonchev–Trinajstić information content (AvgIpc) is 2.51. The molecule has 1 heterocycles. The number of pyridine rings is 1. The third kappa shape index (κ3) is 2.65. The highest BCUT2D eigenvalue weighted by atomic mass is 14.9. The molecule has 1 aromatic carbocycles. The molecule has 0 amide bonds. The Labute approximate surface area is 121 Å². The summed E-state index contributed by atoms with van der Waals surface area (Å²) < 4.78 is 0. The van der Waals surface area contributed by atoms with Crippen molar-refractivity contribution in [1.82, 2.24) is 4.98 Å². The maximum absolute atomic E-state index is 4.52. The molecular formula is C18H24N2. The Hall–Kier alpha value is -1.57. The number of benzene rings is 1. The van der Waals surface area contributed by atoms with Crippen LogP contribution in [0.15, 0.2) is 30.5 Å². The molecule has 1 aliphatic rings. The van der Waals surface area contributed by atoms with Crippen molar-refractivity contribution in [3.05, 3.63) is 36.0 Å². The number of rotatable bonds is 3. The fraction of sp³-hybridized carbons (Fsp3) is 0.500. The molecule has 20 heavy (non-hydrogen) atoms. The van der Waals surface area contributed by atoms with Crippen LogP contribution in [-0.4, -0.2) is 11.0 Å². The van der Waals surface area contributed by atoms with Crippen molar-refractivity contribution in [2.24, 2.45) is 5.92 Å². The Kier molecular flexibility index (Phi) is 3.90. The van der Waals surface area contributed by atoms with Gasteiger partial charge in [-0.25, -0.2) is 0 Å². The molecule has 1 atom stereocenters. The molecule has 0 saturated heterocycles. The molecule has 106 valence electrons. The molecule has 2 heteroatoms. The van der Waals surface area contributed by atoms with E-state index in [9.17, 15) is 0 Å². The second-order valence-electron chi connectivity index (χ2n) is 6.16. The molecule has 0 bridgehead atoms. The van der Waals surface area contributed by atoms with Crippen LogP contribution < -0.4 is 5.32 Å². The molecule has 0 aliphatic heterocycles. The van der Waals surface area contributed by atoms with E-state index in [1.165, 1.54) is 48.7 Å². The third-order valence-corrected chi connectivity index (χ3v) is 4.71. The van der Waals surface area contributed by atoms with Crippen LogP contribution >= 0.6 is 0 Å². The predicted molar refractivity (Wildman–Crippen MR) is 86.1 cm³/mol. The Morgan fingerprint density at radius 1 is 1.15 bits per heavy atom. The summed E-state index contributed by atoms with van der Waals surface area (Å²) in [6.45, 7) is 4.46. The number of aryl methyl sites for hydroxylation is 1. The minimum atomic E-state index is 0.543. The van der Waals surface area contributed by atoms with Crippen LogP contribution in [0.3, 0.4) is 0 Å². The zero-order valence-corrected chi connectivity index (χ0v) is 12.5. The standard InChI is InChI=1S/C18H24N2/c1-13-10-11-17(16-9-6-12-19-18(13)16)20-14(2)15-7-4-3-5-8-15/h6,9-12,14-15,20H,3-5,7-8H2,1-2H3. The summed E-state index contributed by atoms with van der Waals surface area (Å²) in [5, 5.41) is 4.99. The van der Waals surface area contributed by atoms with Gasteiger partial charge in [0.15, 0.2) is 0 Å². The molecule has 1 unspecified atom stereocenters. The molecule has 2 nitrogen and oxygen atoms in total. The Bertz CT molecular complexity index is 585. The lowest BCUT2D eigenvalue weighted by molar-refractivity contribution is 0.328. The number of nitrogens with zero attached hydrogens (tertiary/aromatic N) is 1. The molecule has 1 aromatic heterocycles. The van der Waals surface area contributed by atoms with Gasteiger partial charge in [0.2, 0.25) is 0 Å².